The fraction of sp³-hybridized carbons (Fsp3) is 0.296. The highest BCUT2D eigenvalue weighted by Crippen LogP contribution is 2.40. The molecule has 1 fully saturated rings. The van der Waals surface area contributed by atoms with Crippen molar-refractivity contribution in [2.24, 2.45) is 0 Å². The lowest BCUT2D eigenvalue weighted by Gasteiger charge is -2.38. The van der Waals surface area contributed by atoms with Gasteiger partial charge in [0.25, 0.3) is 11.8 Å². The van der Waals surface area contributed by atoms with Crippen LogP contribution in [0.4, 0.5) is 18.9 Å². The second kappa shape index (κ2) is 11.4. The van der Waals surface area contributed by atoms with E-state index in [9.17, 15) is 22.8 Å². The Kier molecular flexibility index (Phi) is 7.93. The number of aromatic nitrogens is 5. The maximum Gasteiger partial charge on any atom is 0.433 e. The SMILES string of the molecule is C[C@H]1NCCN(C(=O)c2ccc(CNC(=O)c3ncc(-c4c(-c5ccc(N)cn5)n[nH]c4C(F)(F)F)[nH]3)cc2Cl)[C@H]1C. The molecule has 0 radical (unpaired) electrons. The fourth-order valence-corrected chi connectivity index (χ4v) is 4.99. The van der Waals surface area contributed by atoms with Crippen LogP contribution >= 0.6 is 11.6 Å². The zero-order valence-corrected chi connectivity index (χ0v) is 23.3. The Hall–Kier alpha value is -4.43. The number of nitrogens with one attached hydrogen (secondary N) is 4. The molecule has 0 bridgehead atoms. The van der Waals surface area contributed by atoms with Crippen molar-refractivity contribution in [3.8, 4) is 22.6 Å². The molecule has 2 amide bonds. The number of nitrogen functional groups attached to an aromatic ring is 1. The van der Waals surface area contributed by atoms with E-state index >= 15 is 0 Å². The summed E-state index contributed by atoms with van der Waals surface area (Å²) >= 11 is 6.44. The van der Waals surface area contributed by atoms with Crippen molar-refractivity contribution >= 4 is 29.1 Å². The Balaban J connectivity index is 1.31. The molecule has 1 aromatic carbocycles. The maximum absolute atomic E-state index is 13.8. The Labute approximate surface area is 243 Å². The molecule has 1 saturated heterocycles. The number of benzene rings is 1. The van der Waals surface area contributed by atoms with Crippen LogP contribution in [-0.4, -0.2) is 67.0 Å². The molecule has 5 rings (SSSR count). The number of imidazole rings is 1. The van der Waals surface area contributed by atoms with Crippen LogP contribution in [0.5, 0.6) is 0 Å². The largest absolute Gasteiger partial charge is 0.433 e. The van der Waals surface area contributed by atoms with E-state index < -0.39 is 17.8 Å². The lowest BCUT2D eigenvalue weighted by molar-refractivity contribution is -0.140. The minimum atomic E-state index is -4.77. The van der Waals surface area contributed by atoms with Crippen LogP contribution < -0.4 is 16.4 Å². The number of halogens is 4. The van der Waals surface area contributed by atoms with E-state index in [1.165, 1.54) is 18.3 Å². The average Bonchev–Trinajstić information content (AvgIpc) is 3.61. The monoisotopic (exact) mass is 601 g/mol. The minimum Gasteiger partial charge on any atom is -0.397 e. The summed E-state index contributed by atoms with van der Waals surface area (Å²) in [4.78, 5) is 38.4. The highest BCUT2D eigenvalue weighted by Gasteiger charge is 2.39. The van der Waals surface area contributed by atoms with Gasteiger partial charge in [-0.05, 0) is 43.7 Å². The lowest BCUT2D eigenvalue weighted by atomic mass is 10.0. The van der Waals surface area contributed by atoms with Crippen molar-refractivity contribution in [1.29, 1.82) is 0 Å². The quantitative estimate of drug-likeness (QED) is 0.224. The number of alkyl halides is 3. The van der Waals surface area contributed by atoms with Crippen LogP contribution in [0, 0.1) is 0 Å². The second-order valence-corrected chi connectivity index (χ2v) is 10.3. The number of nitrogens with zero attached hydrogens (tertiary/aromatic N) is 4. The van der Waals surface area contributed by atoms with E-state index in [0.717, 1.165) is 6.20 Å². The van der Waals surface area contributed by atoms with Crippen LogP contribution in [0.3, 0.4) is 0 Å². The molecule has 4 aromatic rings. The number of piperazine rings is 1. The van der Waals surface area contributed by atoms with Crippen LogP contribution in [0.1, 0.15) is 46.1 Å². The maximum atomic E-state index is 13.8. The molecule has 11 nitrogen and oxygen atoms in total. The second-order valence-electron chi connectivity index (χ2n) is 9.92. The molecule has 0 unspecified atom stereocenters. The van der Waals surface area contributed by atoms with Crippen LogP contribution in [-0.2, 0) is 12.7 Å². The van der Waals surface area contributed by atoms with Gasteiger partial charge in [0, 0.05) is 31.7 Å². The summed E-state index contributed by atoms with van der Waals surface area (Å²) in [6, 6.07) is 7.94. The van der Waals surface area contributed by atoms with E-state index in [4.69, 9.17) is 17.3 Å². The predicted octanol–water partition coefficient (Wildman–Crippen LogP) is 3.87. The van der Waals surface area contributed by atoms with Gasteiger partial charge in [0.1, 0.15) is 11.4 Å². The molecular formula is C27H27ClF3N9O2. The third kappa shape index (κ3) is 5.81. The summed E-state index contributed by atoms with van der Waals surface area (Å²) in [7, 11) is 0. The zero-order valence-electron chi connectivity index (χ0n) is 22.5. The van der Waals surface area contributed by atoms with Crippen LogP contribution in [0.15, 0.2) is 42.7 Å². The number of amides is 2. The van der Waals surface area contributed by atoms with Gasteiger partial charge >= 0.3 is 6.18 Å². The highest BCUT2D eigenvalue weighted by molar-refractivity contribution is 6.33. The van der Waals surface area contributed by atoms with Crippen molar-refractivity contribution in [3.05, 3.63) is 70.4 Å². The minimum absolute atomic E-state index is 0.00689. The Bertz CT molecular complexity index is 1620. The summed E-state index contributed by atoms with van der Waals surface area (Å²) in [5.74, 6) is -1.05. The van der Waals surface area contributed by atoms with Crippen LogP contribution in [0.2, 0.25) is 5.02 Å². The van der Waals surface area contributed by atoms with E-state index in [1.807, 2.05) is 18.9 Å². The number of carbonyl (C=O) groups excluding carboxylic acids is 2. The van der Waals surface area contributed by atoms with Crippen molar-refractivity contribution in [2.75, 3.05) is 18.8 Å². The molecule has 1 aliphatic rings. The van der Waals surface area contributed by atoms with Gasteiger partial charge in [-0.25, -0.2) is 4.98 Å². The van der Waals surface area contributed by atoms with Gasteiger partial charge in [-0.2, -0.15) is 18.3 Å². The van der Waals surface area contributed by atoms with Crippen molar-refractivity contribution in [3.63, 3.8) is 0 Å². The molecule has 42 heavy (non-hydrogen) atoms. The third-order valence-corrected chi connectivity index (χ3v) is 7.46. The van der Waals surface area contributed by atoms with Gasteiger partial charge in [0.2, 0.25) is 0 Å². The number of pyridine rings is 1. The number of hydrogen-bond donors (Lipinski definition) is 5. The molecule has 220 valence electrons. The molecule has 4 heterocycles. The topological polar surface area (TPSA) is 158 Å². The van der Waals surface area contributed by atoms with Crippen molar-refractivity contribution in [1.82, 2.24) is 40.7 Å². The summed E-state index contributed by atoms with van der Waals surface area (Å²) in [5, 5.41) is 12.1. The smallest absolute Gasteiger partial charge is 0.397 e. The van der Waals surface area contributed by atoms with Gasteiger partial charge < -0.3 is 26.3 Å². The zero-order chi connectivity index (χ0) is 30.2. The predicted molar refractivity (Wildman–Crippen MR) is 149 cm³/mol. The molecule has 15 heteroatoms. The number of aromatic amines is 2. The summed E-state index contributed by atoms with van der Waals surface area (Å²) < 4.78 is 41.4. The van der Waals surface area contributed by atoms with Gasteiger partial charge in [0.15, 0.2) is 5.82 Å². The van der Waals surface area contributed by atoms with Gasteiger partial charge in [-0.1, -0.05) is 17.7 Å². The molecular weight excluding hydrogens is 575 g/mol. The molecule has 0 saturated carbocycles. The molecule has 3 aromatic heterocycles. The van der Waals surface area contributed by atoms with Crippen LogP contribution in [0.25, 0.3) is 22.6 Å². The van der Waals surface area contributed by atoms with Gasteiger partial charge in [0.05, 0.1) is 45.6 Å². The molecule has 0 aliphatic carbocycles. The normalized spacial score (nSPS) is 17.3. The first-order valence-corrected chi connectivity index (χ1v) is 13.4. The van der Waals surface area contributed by atoms with E-state index in [0.29, 0.717) is 29.9 Å². The first-order valence-electron chi connectivity index (χ1n) is 13.0. The third-order valence-electron chi connectivity index (χ3n) is 7.15. The Morgan fingerprint density at radius 3 is 2.64 bits per heavy atom. The number of anilines is 1. The van der Waals surface area contributed by atoms with Crippen molar-refractivity contribution < 1.29 is 22.8 Å². The molecule has 6 N–H and O–H groups in total. The number of carbonyl (C=O) groups is 2. The first-order chi connectivity index (χ1) is 19.9. The summed E-state index contributed by atoms with van der Waals surface area (Å²) in [6.07, 6.45) is -2.35. The Morgan fingerprint density at radius 1 is 1.17 bits per heavy atom. The molecule has 2 atom stereocenters. The first kappa shape index (κ1) is 29.1. The van der Waals surface area contributed by atoms with E-state index in [2.05, 4.69) is 30.7 Å². The lowest BCUT2D eigenvalue weighted by Crippen LogP contribution is -2.57. The number of hydrogen-bond acceptors (Lipinski definition) is 7. The fourth-order valence-electron chi connectivity index (χ4n) is 4.71. The summed E-state index contributed by atoms with van der Waals surface area (Å²) in [6.45, 7) is 5.26. The molecule has 0 spiro atoms. The number of nitrogens with two attached hydrogens (primary N) is 1. The standard InChI is InChI=1S/C27H27ClF3N9O2/c1-13-14(2)40(8-7-33-13)26(42)17-5-3-15(9-18(17)28)10-36-25(41)24-35-12-20(37-24)21-22(19-6-4-16(32)11-34-19)38-39-23(21)27(29,30)31/h3-6,9,11-14,33H,7-8,10,32H2,1-2H3,(H,35,37)(H,36,41)(H,38,39)/t13-,14+/m1/s1. The van der Waals surface area contributed by atoms with Gasteiger partial charge in [-0.15, -0.1) is 0 Å². The summed E-state index contributed by atoms with van der Waals surface area (Å²) in [5.41, 5.74) is 5.45. The van der Waals surface area contributed by atoms with Crippen molar-refractivity contribution in [2.45, 2.75) is 38.7 Å². The average molecular weight is 602 g/mol. The van der Waals surface area contributed by atoms with Gasteiger partial charge in [-0.3, -0.25) is 19.7 Å². The highest BCUT2D eigenvalue weighted by atomic mass is 35.5. The van der Waals surface area contributed by atoms with E-state index in [1.54, 1.807) is 23.1 Å². The number of rotatable bonds is 6. The molecule has 1 aliphatic heterocycles. The Morgan fingerprint density at radius 2 is 1.95 bits per heavy atom. The number of H-pyrrole nitrogens is 2. The van der Waals surface area contributed by atoms with E-state index in [-0.39, 0.29) is 58.0 Å².